The normalized spacial score (nSPS) is 10.8. The number of rotatable bonds is 5. The van der Waals surface area contributed by atoms with Gasteiger partial charge in [0.15, 0.2) is 12.2 Å². The number of fused-ring (bicyclic) bond motifs is 1. The molecule has 27 heavy (non-hydrogen) atoms. The zero-order valence-corrected chi connectivity index (χ0v) is 15.0. The summed E-state index contributed by atoms with van der Waals surface area (Å²) < 4.78 is 0. The molecular weight excluding hydrogens is 360 g/mol. The molecule has 134 valence electrons. The van der Waals surface area contributed by atoms with Crippen LogP contribution in [-0.2, 0) is 6.42 Å². The van der Waals surface area contributed by atoms with Gasteiger partial charge in [0.2, 0.25) is 0 Å². The molecule has 4 aromatic rings. The van der Waals surface area contributed by atoms with Crippen molar-refractivity contribution >= 4 is 40.1 Å². The summed E-state index contributed by atoms with van der Waals surface area (Å²) in [6.45, 7) is 0. The van der Waals surface area contributed by atoms with Gasteiger partial charge in [0.05, 0.1) is 10.4 Å². The number of hydrogen-bond acceptors (Lipinski definition) is 4. The van der Waals surface area contributed by atoms with Gasteiger partial charge in [0.1, 0.15) is 0 Å². The number of hydrogen-bond donors (Lipinski definition) is 3. The largest absolute Gasteiger partial charge is 0.494 e. The van der Waals surface area contributed by atoms with Crippen molar-refractivity contribution in [3.05, 3.63) is 81.5 Å². The van der Waals surface area contributed by atoms with Crippen molar-refractivity contribution in [3.8, 4) is 5.88 Å². The fourth-order valence-electron chi connectivity index (χ4n) is 3.08. The Morgan fingerprint density at radius 2 is 1.96 bits per heavy atom. The first kappa shape index (κ1) is 17.1. The third-order valence-electron chi connectivity index (χ3n) is 4.34. The number of aromatic amines is 1. The Kier molecular flexibility index (Phi) is 4.48. The highest BCUT2D eigenvalue weighted by molar-refractivity contribution is 7.12. The first-order valence-corrected chi connectivity index (χ1v) is 9.24. The van der Waals surface area contributed by atoms with E-state index in [1.54, 1.807) is 6.07 Å². The second-order valence-electron chi connectivity index (χ2n) is 6.19. The van der Waals surface area contributed by atoms with E-state index in [0.29, 0.717) is 28.5 Å². The molecule has 2 aromatic heterocycles. The predicted molar refractivity (Wildman–Crippen MR) is 107 cm³/mol. The summed E-state index contributed by atoms with van der Waals surface area (Å²) in [5.74, 6) is -0.234. The lowest BCUT2D eigenvalue weighted by Gasteiger charge is -2.07. The lowest BCUT2D eigenvalue weighted by atomic mass is 10.0. The molecule has 0 saturated carbocycles. The number of nitrogens with one attached hydrogen (secondary N) is 2. The maximum atomic E-state index is 12.2. The first-order chi connectivity index (χ1) is 13.1. The molecule has 4 rings (SSSR count). The van der Waals surface area contributed by atoms with Crippen molar-refractivity contribution in [2.24, 2.45) is 0 Å². The van der Waals surface area contributed by atoms with Crippen LogP contribution in [0.15, 0.2) is 60.0 Å². The fraction of sp³-hybridized carbons (Fsp3) is 0.0476. The summed E-state index contributed by atoms with van der Waals surface area (Å²) in [5.41, 5.74) is 3.81. The molecule has 0 atom stereocenters. The zero-order chi connectivity index (χ0) is 18.8. The van der Waals surface area contributed by atoms with Gasteiger partial charge in [-0.1, -0.05) is 30.3 Å². The Bertz CT molecular complexity index is 1130. The van der Waals surface area contributed by atoms with Gasteiger partial charge in [0, 0.05) is 16.6 Å². The molecule has 3 N–H and O–H groups in total. The number of aromatic hydroxyl groups is 1. The monoisotopic (exact) mass is 376 g/mol. The Hall–Kier alpha value is -3.38. The molecule has 1 amide bonds. The van der Waals surface area contributed by atoms with Gasteiger partial charge < -0.3 is 15.4 Å². The van der Waals surface area contributed by atoms with Crippen LogP contribution in [0.5, 0.6) is 5.88 Å². The highest BCUT2D eigenvalue weighted by Crippen LogP contribution is 2.27. The van der Waals surface area contributed by atoms with E-state index in [2.05, 4.69) is 10.3 Å². The number of aromatic nitrogens is 1. The van der Waals surface area contributed by atoms with Crippen molar-refractivity contribution in [1.82, 2.24) is 4.98 Å². The van der Waals surface area contributed by atoms with Crippen molar-refractivity contribution in [2.45, 2.75) is 6.42 Å². The molecule has 0 spiro atoms. The molecule has 0 radical (unpaired) electrons. The molecule has 0 aliphatic heterocycles. The van der Waals surface area contributed by atoms with Crippen LogP contribution in [-0.4, -0.2) is 22.3 Å². The smallest absolute Gasteiger partial charge is 0.265 e. The standard InChI is InChI=1S/C21H16N2O3S/c24-12-17-16-7-6-14(11-18(16)23-20(17)25)9-13-3-1-4-15(10-13)22-21(26)19-5-2-8-27-19/h1-8,10-12,23,25H,9H2,(H,22,26). The molecule has 6 heteroatoms. The highest BCUT2D eigenvalue weighted by atomic mass is 32.1. The number of amides is 1. The maximum Gasteiger partial charge on any atom is 0.265 e. The summed E-state index contributed by atoms with van der Waals surface area (Å²) in [6.07, 6.45) is 1.31. The van der Waals surface area contributed by atoms with Crippen molar-refractivity contribution in [1.29, 1.82) is 0 Å². The van der Waals surface area contributed by atoms with E-state index >= 15 is 0 Å². The van der Waals surface area contributed by atoms with E-state index in [1.165, 1.54) is 11.3 Å². The number of thiophene rings is 1. The number of anilines is 1. The molecule has 0 fully saturated rings. The van der Waals surface area contributed by atoms with Gasteiger partial charge >= 0.3 is 0 Å². The van der Waals surface area contributed by atoms with E-state index in [-0.39, 0.29) is 17.4 Å². The van der Waals surface area contributed by atoms with E-state index < -0.39 is 0 Å². The third kappa shape index (κ3) is 3.47. The van der Waals surface area contributed by atoms with E-state index in [0.717, 1.165) is 16.8 Å². The second-order valence-corrected chi connectivity index (χ2v) is 7.14. The quantitative estimate of drug-likeness (QED) is 0.446. The number of aldehydes is 1. The molecule has 0 saturated heterocycles. The number of benzene rings is 2. The van der Waals surface area contributed by atoms with Gasteiger partial charge in [0.25, 0.3) is 5.91 Å². The van der Waals surface area contributed by atoms with E-state index in [9.17, 15) is 14.7 Å². The van der Waals surface area contributed by atoms with Crippen LogP contribution in [0.2, 0.25) is 0 Å². The van der Waals surface area contributed by atoms with Gasteiger partial charge in [-0.3, -0.25) is 9.59 Å². The van der Waals surface area contributed by atoms with Crippen molar-refractivity contribution in [2.75, 3.05) is 5.32 Å². The minimum Gasteiger partial charge on any atom is -0.494 e. The van der Waals surface area contributed by atoms with Crippen molar-refractivity contribution in [3.63, 3.8) is 0 Å². The first-order valence-electron chi connectivity index (χ1n) is 8.36. The average Bonchev–Trinajstić information content (AvgIpc) is 3.28. The van der Waals surface area contributed by atoms with Crippen LogP contribution in [0.25, 0.3) is 10.9 Å². The van der Waals surface area contributed by atoms with E-state index in [1.807, 2.05) is 53.9 Å². The number of carbonyl (C=O) groups is 2. The minimum absolute atomic E-state index is 0.115. The molecule has 2 heterocycles. The Balaban J connectivity index is 1.55. The van der Waals surface area contributed by atoms with Crippen molar-refractivity contribution < 1.29 is 14.7 Å². The van der Waals surface area contributed by atoms with Crippen LogP contribution < -0.4 is 5.32 Å². The van der Waals surface area contributed by atoms with Crippen LogP contribution >= 0.6 is 11.3 Å². The highest BCUT2D eigenvalue weighted by Gasteiger charge is 2.11. The third-order valence-corrected chi connectivity index (χ3v) is 5.21. The van der Waals surface area contributed by atoms with Gasteiger partial charge in [-0.25, -0.2) is 0 Å². The minimum atomic E-state index is -0.119. The molecule has 0 bridgehead atoms. The molecule has 0 aliphatic carbocycles. The second kappa shape index (κ2) is 7.09. The summed E-state index contributed by atoms with van der Waals surface area (Å²) in [4.78, 5) is 26.8. The summed E-state index contributed by atoms with van der Waals surface area (Å²) in [5, 5.41) is 15.3. The molecule has 2 aromatic carbocycles. The van der Waals surface area contributed by atoms with Crippen LogP contribution in [0, 0.1) is 0 Å². The number of H-pyrrole nitrogens is 1. The Morgan fingerprint density at radius 1 is 1.11 bits per heavy atom. The Labute approximate surface area is 159 Å². The van der Waals surface area contributed by atoms with Crippen LogP contribution in [0.1, 0.15) is 31.2 Å². The predicted octanol–water partition coefficient (Wildman–Crippen LogP) is 4.59. The van der Waals surface area contributed by atoms with Gasteiger partial charge in [-0.2, -0.15) is 0 Å². The average molecular weight is 376 g/mol. The maximum absolute atomic E-state index is 12.2. The van der Waals surface area contributed by atoms with Crippen LogP contribution in [0.3, 0.4) is 0 Å². The molecule has 5 nitrogen and oxygen atoms in total. The molecule has 0 unspecified atom stereocenters. The fourth-order valence-corrected chi connectivity index (χ4v) is 3.70. The topological polar surface area (TPSA) is 82.2 Å². The summed E-state index contributed by atoms with van der Waals surface area (Å²) in [6, 6.07) is 17.0. The van der Waals surface area contributed by atoms with Crippen LogP contribution in [0.4, 0.5) is 5.69 Å². The number of carbonyl (C=O) groups excluding carboxylic acids is 2. The summed E-state index contributed by atoms with van der Waals surface area (Å²) in [7, 11) is 0. The summed E-state index contributed by atoms with van der Waals surface area (Å²) >= 11 is 1.40. The molecular formula is C21H16N2O3S. The SMILES string of the molecule is O=Cc1c(O)[nH]c2cc(Cc3cccc(NC(=O)c4cccs4)c3)ccc12. The molecule has 0 aliphatic rings. The van der Waals surface area contributed by atoms with E-state index in [4.69, 9.17) is 0 Å². The van der Waals surface area contributed by atoms with Gasteiger partial charge in [-0.15, -0.1) is 11.3 Å². The Morgan fingerprint density at radius 3 is 2.74 bits per heavy atom. The zero-order valence-electron chi connectivity index (χ0n) is 14.2. The lowest BCUT2D eigenvalue weighted by Crippen LogP contribution is -2.10. The lowest BCUT2D eigenvalue weighted by molar-refractivity contribution is 0.103. The van der Waals surface area contributed by atoms with Gasteiger partial charge in [-0.05, 0) is 47.2 Å².